The van der Waals surface area contributed by atoms with Gasteiger partial charge in [-0.1, -0.05) is 6.07 Å². The van der Waals surface area contributed by atoms with E-state index in [0.29, 0.717) is 6.07 Å². The first-order chi connectivity index (χ1) is 10.1. The highest BCUT2D eigenvalue weighted by atomic mass is 127. The van der Waals surface area contributed by atoms with Crippen LogP contribution in [0.2, 0.25) is 0 Å². The van der Waals surface area contributed by atoms with E-state index in [9.17, 15) is 35.1 Å². The predicted octanol–water partition coefficient (Wildman–Crippen LogP) is 5.67. The fourth-order valence-electron chi connectivity index (χ4n) is 1.76. The molecular weight excluding hydrogens is 435 g/mol. The van der Waals surface area contributed by atoms with Gasteiger partial charge in [-0.3, -0.25) is 0 Å². The second-order valence-electron chi connectivity index (χ2n) is 4.14. The molecule has 118 valence electrons. The molecule has 0 spiro atoms. The molecule has 0 bridgehead atoms. The van der Waals surface area contributed by atoms with Crippen LogP contribution < -0.4 is 0 Å². The molecule has 0 radical (unpaired) electrons. The van der Waals surface area contributed by atoms with Crippen LogP contribution in [0, 0.1) is 32.7 Å². The molecule has 0 aromatic heterocycles. The Morgan fingerprint density at radius 2 is 1.18 bits per heavy atom. The Bertz CT molecular complexity index is 722. The lowest BCUT2D eigenvalue weighted by Crippen LogP contribution is -2.09. The predicted molar refractivity (Wildman–Crippen MR) is 69.4 cm³/mol. The number of alkyl halides is 3. The van der Waals surface area contributed by atoms with Gasteiger partial charge in [-0.2, -0.15) is 13.2 Å². The molecule has 0 unspecified atom stereocenters. The second kappa shape index (κ2) is 5.67. The fourth-order valence-corrected chi connectivity index (χ4v) is 2.40. The lowest BCUT2D eigenvalue weighted by atomic mass is 10.0. The number of hydrogen-bond acceptors (Lipinski definition) is 0. The van der Waals surface area contributed by atoms with E-state index >= 15 is 0 Å². The Hall–Kier alpha value is -1.39. The third kappa shape index (κ3) is 2.77. The van der Waals surface area contributed by atoms with Gasteiger partial charge in [-0.05, 0) is 40.3 Å². The summed E-state index contributed by atoms with van der Waals surface area (Å²) in [7, 11) is 0. The van der Waals surface area contributed by atoms with Crippen molar-refractivity contribution in [2.45, 2.75) is 6.18 Å². The van der Waals surface area contributed by atoms with Crippen LogP contribution in [0.15, 0.2) is 18.2 Å². The Kier molecular flexibility index (Phi) is 4.37. The van der Waals surface area contributed by atoms with Crippen LogP contribution >= 0.6 is 22.6 Å². The Labute approximate surface area is 131 Å². The van der Waals surface area contributed by atoms with E-state index in [1.165, 1.54) is 22.6 Å². The van der Waals surface area contributed by atoms with Crippen LogP contribution in [0.3, 0.4) is 0 Å². The molecule has 0 aliphatic rings. The quantitative estimate of drug-likeness (QED) is 0.233. The summed E-state index contributed by atoms with van der Waals surface area (Å²) in [5, 5.41) is 0. The van der Waals surface area contributed by atoms with Gasteiger partial charge in [-0.15, -0.1) is 0 Å². The third-order valence-corrected chi connectivity index (χ3v) is 3.71. The lowest BCUT2D eigenvalue weighted by molar-refractivity contribution is -0.138. The minimum absolute atomic E-state index is 0.280. The summed E-state index contributed by atoms with van der Waals surface area (Å²) in [5.74, 6) is -11.2. The molecule has 2 aromatic carbocycles. The molecule has 9 heteroatoms. The van der Waals surface area contributed by atoms with Gasteiger partial charge in [0.25, 0.3) is 0 Å². The van der Waals surface area contributed by atoms with Crippen molar-refractivity contribution in [3.63, 3.8) is 0 Å². The lowest BCUT2D eigenvalue weighted by Gasteiger charge is -2.13. The summed E-state index contributed by atoms with van der Waals surface area (Å²) in [4.78, 5) is 0. The van der Waals surface area contributed by atoms with Crippen molar-refractivity contribution in [3.05, 3.63) is 56.4 Å². The van der Waals surface area contributed by atoms with Crippen molar-refractivity contribution < 1.29 is 35.1 Å². The zero-order valence-corrected chi connectivity index (χ0v) is 12.3. The highest BCUT2D eigenvalue weighted by molar-refractivity contribution is 14.1. The Morgan fingerprint density at radius 1 is 0.727 bits per heavy atom. The average Bonchev–Trinajstić information content (AvgIpc) is 2.43. The molecule has 0 heterocycles. The second-order valence-corrected chi connectivity index (χ2v) is 5.30. The van der Waals surface area contributed by atoms with Crippen molar-refractivity contribution in [1.29, 1.82) is 0 Å². The zero-order valence-electron chi connectivity index (χ0n) is 10.1. The normalized spacial score (nSPS) is 11.9. The van der Waals surface area contributed by atoms with E-state index in [1.807, 2.05) is 0 Å². The molecule has 22 heavy (non-hydrogen) atoms. The van der Waals surface area contributed by atoms with Gasteiger partial charge >= 0.3 is 6.18 Å². The minimum Gasteiger partial charge on any atom is -0.203 e. The van der Waals surface area contributed by atoms with E-state index in [1.54, 1.807) is 0 Å². The zero-order chi connectivity index (χ0) is 16.8. The summed E-state index contributed by atoms with van der Waals surface area (Å²) < 4.78 is 104. The van der Waals surface area contributed by atoms with Crippen LogP contribution in [0.4, 0.5) is 35.1 Å². The Balaban J connectivity index is 2.79. The molecule has 0 nitrogen and oxygen atoms in total. The highest BCUT2D eigenvalue weighted by Crippen LogP contribution is 2.38. The van der Waals surface area contributed by atoms with Gasteiger partial charge in [0.05, 0.1) is 11.1 Å². The maximum absolute atomic E-state index is 13.6. The van der Waals surface area contributed by atoms with E-state index in [0.717, 1.165) is 12.1 Å². The molecule has 0 amide bonds. The largest absolute Gasteiger partial charge is 0.417 e. The monoisotopic (exact) mass is 438 g/mol. The van der Waals surface area contributed by atoms with Crippen LogP contribution in [0.5, 0.6) is 0 Å². The smallest absolute Gasteiger partial charge is 0.203 e. The summed E-state index contributed by atoms with van der Waals surface area (Å²) in [5.41, 5.74) is -3.41. The van der Waals surface area contributed by atoms with Gasteiger partial charge in [0.2, 0.25) is 5.82 Å². The molecule has 0 aliphatic carbocycles. The highest BCUT2D eigenvalue weighted by Gasteiger charge is 2.34. The SMILES string of the molecule is Fc1c(F)c(F)c(-c2ccc(I)c(C(F)(F)F)c2)c(F)c1F. The summed E-state index contributed by atoms with van der Waals surface area (Å²) in [6.07, 6.45) is -4.84. The Morgan fingerprint density at radius 3 is 1.64 bits per heavy atom. The summed E-state index contributed by atoms with van der Waals surface area (Å²) in [6.45, 7) is 0. The third-order valence-electron chi connectivity index (χ3n) is 2.77. The maximum Gasteiger partial charge on any atom is 0.417 e. The number of benzene rings is 2. The van der Waals surface area contributed by atoms with Crippen LogP contribution in [-0.2, 0) is 6.18 Å². The van der Waals surface area contributed by atoms with E-state index < -0.39 is 52.0 Å². The summed E-state index contributed by atoms with van der Waals surface area (Å²) in [6, 6.07) is 2.05. The average molecular weight is 438 g/mol. The standard InChI is InChI=1S/C13H3F8I/c14-8-7(9(15)11(17)12(18)10(8)16)4-1-2-6(22)5(3-4)13(19,20)21/h1-3H. The van der Waals surface area contributed by atoms with Crippen LogP contribution in [0.25, 0.3) is 11.1 Å². The van der Waals surface area contributed by atoms with Gasteiger partial charge in [0.1, 0.15) is 0 Å². The molecule has 0 saturated heterocycles. The van der Waals surface area contributed by atoms with Crippen molar-refractivity contribution in [1.82, 2.24) is 0 Å². The molecule has 0 aliphatic heterocycles. The molecule has 0 N–H and O–H groups in total. The van der Waals surface area contributed by atoms with Gasteiger partial charge < -0.3 is 0 Å². The molecule has 0 saturated carbocycles. The van der Waals surface area contributed by atoms with E-state index in [2.05, 4.69) is 0 Å². The van der Waals surface area contributed by atoms with E-state index in [-0.39, 0.29) is 3.57 Å². The summed E-state index contributed by atoms with van der Waals surface area (Å²) >= 11 is 1.34. The first-order valence-corrected chi connectivity index (χ1v) is 6.52. The van der Waals surface area contributed by atoms with Crippen molar-refractivity contribution in [3.8, 4) is 11.1 Å². The van der Waals surface area contributed by atoms with Gasteiger partial charge in [0.15, 0.2) is 23.3 Å². The topological polar surface area (TPSA) is 0 Å². The first-order valence-electron chi connectivity index (χ1n) is 5.44. The van der Waals surface area contributed by atoms with Crippen molar-refractivity contribution >= 4 is 22.6 Å². The first kappa shape index (κ1) is 17.0. The molecule has 2 rings (SSSR count). The number of hydrogen-bond donors (Lipinski definition) is 0. The van der Waals surface area contributed by atoms with Gasteiger partial charge in [0, 0.05) is 3.57 Å². The molecule has 0 fully saturated rings. The van der Waals surface area contributed by atoms with E-state index in [4.69, 9.17) is 0 Å². The maximum atomic E-state index is 13.6. The molecule has 0 atom stereocenters. The number of halogens is 9. The minimum atomic E-state index is -4.84. The van der Waals surface area contributed by atoms with Crippen LogP contribution in [0.1, 0.15) is 5.56 Å². The molecular formula is C13H3F8I. The van der Waals surface area contributed by atoms with Gasteiger partial charge in [-0.25, -0.2) is 22.0 Å². The molecule has 2 aromatic rings. The fraction of sp³-hybridized carbons (Fsp3) is 0.0769. The number of rotatable bonds is 1. The van der Waals surface area contributed by atoms with Crippen LogP contribution in [-0.4, -0.2) is 0 Å². The van der Waals surface area contributed by atoms with Crippen molar-refractivity contribution in [2.75, 3.05) is 0 Å². The van der Waals surface area contributed by atoms with Crippen molar-refractivity contribution in [2.24, 2.45) is 0 Å².